The number of fused-ring (bicyclic) bond motifs is 1. The van der Waals surface area contributed by atoms with Gasteiger partial charge in [0.15, 0.2) is 17.6 Å². The zero-order chi connectivity index (χ0) is 28.4. The maximum Gasteiger partial charge on any atom is 0.317 e. The van der Waals surface area contributed by atoms with Crippen LogP contribution in [0.4, 0.5) is 0 Å². The number of aliphatic carboxylic acids is 1. The number of carbonyl (C=O) groups is 2. The summed E-state index contributed by atoms with van der Waals surface area (Å²) in [7, 11) is 1.33. The summed E-state index contributed by atoms with van der Waals surface area (Å²) in [6, 6.07) is 6.56. The number of ether oxygens (including phenoxy) is 5. The van der Waals surface area contributed by atoms with Gasteiger partial charge in [-0.3, -0.25) is 9.59 Å². The first kappa shape index (κ1) is 27.8. The quantitative estimate of drug-likeness (QED) is 0.171. The Balaban J connectivity index is 1.65. The first-order valence-corrected chi connectivity index (χ1v) is 11.5. The number of methoxy groups -OCH3 is 1. The van der Waals surface area contributed by atoms with Crippen LogP contribution in [0.1, 0.15) is 23.7 Å². The molecule has 2 aliphatic heterocycles. The van der Waals surface area contributed by atoms with Crippen LogP contribution in [-0.2, 0) is 23.8 Å². The molecule has 1 unspecified atom stereocenters. The van der Waals surface area contributed by atoms with Crippen molar-refractivity contribution in [3.05, 3.63) is 47.2 Å². The molecule has 1 fully saturated rings. The van der Waals surface area contributed by atoms with Gasteiger partial charge >= 0.3 is 11.9 Å². The highest BCUT2D eigenvalue weighted by Crippen LogP contribution is 2.45. The number of hydrogen-bond acceptors (Lipinski definition) is 13. The van der Waals surface area contributed by atoms with Crippen molar-refractivity contribution in [2.24, 2.45) is 0 Å². The van der Waals surface area contributed by atoms with Gasteiger partial charge in [-0.2, -0.15) is 0 Å². The van der Waals surface area contributed by atoms with Crippen LogP contribution in [0.3, 0.4) is 0 Å². The molecule has 2 aromatic carbocycles. The Hall–Kier alpha value is -4.24. The smallest absolute Gasteiger partial charge is 0.317 e. The number of aliphatic hydroxyl groups is 3. The van der Waals surface area contributed by atoms with Gasteiger partial charge in [0, 0.05) is 17.7 Å². The number of benzene rings is 2. The largest absolute Gasteiger partial charge is 0.508 e. The van der Waals surface area contributed by atoms with Crippen molar-refractivity contribution in [3.8, 4) is 28.7 Å². The topological polar surface area (TPSA) is 222 Å². The first-order valence-electron chi connectivity index (χ1n) is 11.5. The molecule has 0 saturated carbocycles. The Kier molecular flexibility index (Phi) is 8.01. The molecule has 6 atom stereocenters. The molecule has 0 bridgehead atoms. The number of phenols is 3. The number of aliphatic hydroxyl groups excluding tert-OH is 3. The Bertz CT molecular complexity index is 1270. The second-order valence-corrected chi connectivity index (χ2v) is 8.74. The van der Waals surface area contributed by atoms with Crippen LogP contribution >= 0.6 is 0 Å². The predicted molar refractivity (Wildman–Crippen MR) is 127 cm³/mol. The lowest BCUT2D eigenvalue weighted by Crippen LogP contribution is -2.59. The van der Waals surface area contributed by atoms with Crippen molar-refractivity contribution in [2.75, 3.05) is 13.7 Å². The third-order valence-corrected chi connectivity index (χ3v) is 6.03. The zero-order valence-electron chi connectivity index (χ0n) is 20.3. The van der Waals surface area contributed by atoms with E-state index in [1.807, 2.05) is 0 Å². The molecule has 0 radical (unpaired) electrons. The van der Waals surface area contributed by atoms with Crippen LogP contribution in [0.15, 0.2) is 36.1 Å². The van der Waals surface area contributed by atoms with Gasteiger partial charge in [-0.25, -0.2) is 0 Å². The van der Waals surface area contributed by atoms with Crippen molar-refractivity contribution in [3.63, 3.8) is 0 Å². The number of rotatable bonds is 8. The fourth-order valence-corrected chi connectivity index (χ4v) is 4.06. The van der Waals surface area contributed by atoms with E-state index in [9.17, 15) is 40.2 Å². The zero-order valence-corrected chi connectivity index (χ0v) is 20.3. The second kappa shape index (κ2) is 11.2. The summed E-state index contributed by atoms with van der Waals surface area (Å²) >= 11 is 0. The van der Waals surface area contributed by atoms with Crippen LogP contribution in [-0.4, -0.2) is 92.1 Å². The predicted octanol–water partition coefficient (Wildman–Crippen LogP) is 0.129. The number of aromatic hydroxyl groups is 3. The lowest BCUT2D eigenvalue weighted by molar-refractivity contribution is -0.294. The van der Waals surface area contributed by atoms with Gasteiger partial charge in [0.2, 0.25) is 6.29 Å². The van der Waals surface area contributed by atoms with E-state index >= 15 is 0 Å². The lowest BCUT2D eigenvalue weighted by atomic mass is 9.98. The highest BCUT2D eigenvalue weighted by molar-refractivity contribution is 5.90. The number of phenolic OH excluding ortho intramolecular Hbond substituents is 3. The number of esters is 1. The minimum Gasteiger partial charge on any atom is -0.508 e. The summed E-state index contributed by atoms with van der Waals surface area (Å²) < 4.78 is 27.3. The van der Waals surface area contributed by atoms with Gasteiger partial charge in [-0.05, 0) is 18.2 Å². The van der Waals surface area contributed by atoms with Crippen molar-refractivity contribution in [1.82, 2.24) is 0 Å². The molecule has 0 aromatic heterocycles. The molecule has 1 saturated heterocycles. The van der Waals surface area contributed by atoms with Crippen molar-refractivity contribution >= 4 is 18.0 Å². The van der Waals surface area contributed by atoms with Crippen LogP contribution in [0.2, 0.25) is 0 Å². The molecule has 0 spiro atoms. The third-order valence-electron chi connectivity index (χ3n) is 6.03. The highest BCUT2D eigenvalue weighted by atomic mass is 16.7. The summed E-state index contributed by atoms with van der Waals surface area (Å²) in [5, 5.41) is 70.2. The average molecular weight is 550 g/mol. The monoisotopic (exact) mass is 550 g/mol. The molecule has 2 heterocycles. The lowest BCUT2D eigenvalue weighted by Gasteiger charge is -2.41. The van der Waals surface area contributed by atoms with Crippen molar-refractivity contribution < 1.29 is 69.0 Å². The van der Waals surface area contributed by atoms with E-state index in [4.69, 9.17) is 28.8 Å². The summed E-state index contributed by atoms with van der Waals surface area (Å²) in [6.45, 7) is -0.659. The van der Waals surface area contributed by atoms with E-state index in [0.717, 1.165) is 6.07 Å². The fourth-order valence-electron chi connectivity index (χ4n) is 4.06. The van der Waals surface area contributed by atoms with Gasteiger partial charge in [0.05, 0.1) is 12.7 Å². The number of carbonyl (C=O) groups excluding carboxylic acids is 1. The Morgan fingerprint density at radius 1 is 0.974 bits per heavy atom. The molecule has 0 amide bonds. The van der Waals surface area contributed by atoms with E-state index in [2.05, 4.69) is 0 Å². The third kappa shape index (κ3) is 5.93. The van der Waals surface area contributed by atoms with E-state index in [1.54, 1.807) is 0 Å². The van der Waals surface area contributed by atoms with Gasteiger partial charge in [-0.1, -0.05) is 6.07 Å². The van der Waals surface area contributed by atoms with Gasteiger partial charge in [-0.15, -0.1) is 0 Å². The standard InChI is InChI=1S/C25H26O14/c1-35-16-4-10(2-3-13(16)27)24-17(7-12-14(28)5-11(26)6-15(12)37-24)38-25-23(34)22(33)21(32)18(39-25)9-36-20(31)8-19(29)30/h2-7,18,21-28,32-34H,8-9H2,1H3,(H,29,30)/t18-,21+,22+,23-,24?,25-/m1/s1. The molecule has 14 nitrogen and oxygen atoms in total. The van der Waals surface area contributed by atoms with Crippen LogP contribution in [0.25, 0.3) is 6.08 Å². The molecule has 4 rings (SSSR count). The SMILES string of the molecule is COc1cc(C2Oc3cc(O)cc(O)c3C=C2O[C@@H]2O[C@H](COC(=O)CC(=O)O)[C@H](O)[C@H](O)[C@H]2O)ccc1O. The van der Waals surface area contributed by atoms with Gasteiger partial charge in [0.25, 0.3) is 0 Å². The number of hydrogen-bond donors (Lipinski definition) is 7. The summed E-state index contributed by atoms with van der Waals surface area (Å²) in [5.74, 6) is -3.26. The maximum atomic E-state index is 11.6. The normalized spacial score (nSPS) is 26.0. The molecule has 39 heavy (non-hydrogen) atoms. The van der Waals surface area contributed by atoms with Crippen LogP contribution < -0.4 is 9.47 Å². The number of carboxylic acid groups (broad SMARTS) is 1. The maximum absolute atomic E-state index is 11.6. The van der Waals surface area contributed by atoms with E-state index in [-0.39, 0.29) is 40.1 Å². The van der Waals surface area contributed by atoms with Gasteiger partial charge < -0.3 is 59.4 Å². The summed E-state index contributed by atoms with van der Waals surface area (Å²) in [4.78, 5) is 22.3. The van der Waals surface area contributed by atoms with Gasteiger partial charge in [0.1, 0.15) is 60.5 Å². The second-order valence-electron chi connectivity index (χ2n) is 8.74. The van der Waals surface area contributed by atoms with Crippen LogP contribution in [0, 0.1) is 0 Å². The highest BCUT2D eigenvalue weighted by Gasteiger charge is 2.46. The molecule has 7 N–H and O–H groups in total. The Labute approximate surface area is 220 Å². The molecular formula is C25H26O14. The molecule has 2 aromatic rings. The molecule has 14 heteroatoms. The average Bonchev–Trinajstić information content (AvgIpc) is 2.88. The first-order chi connectivity index (χ1) is 18.5. The van der Waals surface area contributed by atoms with E-state index in [0.29, 0.717) is 5.56 Å². The summed E-state index contributed by atoms with van der Waals surface area (Å²) in [6.07, 6.45) is -9.14. The van der Waals surface area contributed by atoms with E-state index < -0.39 is 61.8 Å². The van der Waals surface area contributed by atoms with Crippen LogP contribution in [0.5, 0.6) is 28.7 Å². The summed E-state index contributed by atoms with van der Waals surface area (Å²) in [5.41, 5.74) is 0.476. The molecule has 210 valence electrons. The van der Waals surface area contributed by atoms with E-state index in [1.165, 1.54) is 37.5 Å². The minimum atomic E-state index is -1.82. The molecule has 0 aliphatic carbocycles. The Morgan fingerprint density at radius 2 is 1.72 bits per heavy atom. The fraction of sp³-hybridized carbons (Fsp3) is 0.360. The Morgan fingerprint density at radius 3 is 2.41 bits per heavy atom. The molecular weight excluding hydrogens is 524 g/mol. The van der Waals surface area contributed by atoms with Crippen molar-refractivity contribution in [1.29, 1.82) is 0 Å². The van der Waals surface area contributed by atoms with Crippen molar-refractivity contribution in [2.45, 2.75) is 43.2 Å². The minimum absolute atomic E-state index is 0.0644. The molecule has 2 aliphatic rings. The number of carboxylic acids is 1.